The minimum absolute atomic E-state index is 0. The number of ether oxygens (including phenoxy) is 1. The molecule has 1 aromatic carbocycles. The number of hydrogen-bond donors (Lipinski definition) is 0. The molecule has 1 rings (SSSR count). The van der Waals surface area contributed by atoms with Gasteiger partial charge in [-0.3, -0.25) is 0 Å². The topological polar surface area (TPSA) is 66.4 Å². The Morgan fingerprint density at radius 3 is 2.00 bits per heavy atom. The van der Waals surface area contributed by atoms with Gasteiger partial charge in [-0.2, -0.15) is 0 Å². The van der Waals surface area contributed by atoms with Crippen LogP contribution in [-0.4, -0.2) is 17.9 Å². The Balaban J connectivity index is 0.00000676. The van der Waals surface area contributed by atoms with Crippen molar-refractivity contribution in [2.24, 2.45) is 0 Å². The van der Waals surface area contributed by atoms with Gasteiger partial charge in [0.25, 0.3) is 0 Å². The first-order chi connectivity index (χ1) is 12.2. The van der Waals surface area contributed by atoms with Gasteiger partial charge in [0.15, 0.2) is 4.93 Å². The maximum atomic E-state index is 11.5. The third-order valence-corrected chi connectivity index (χ3v) is 6.00. The third kappa shape index (κ3) is 9.80. The van der Waals surface area contributed by atoms with E-state index in [1.807, 2.05) is 12.1 Å². The zero-order chi connectivity index (χ0) is 19.6. The second-order valence-electron chi connectivity index (χ2n) is 7.52. The molecule has 0 spiro atoms. The number of hydrogen-bond acceptors (Lipinski definition) is 4. The molecule has 0 aromatic heterocycles. The van der Waals surface area contributed by atoms with E-state index in [4.69, 9.17) is 4.74 Å². The van der Waals surface area contributed by atoms with Gasteiger partial charge in [0, 0.05) is 0 Å². The molecule has 0 aliphatic heterocycles. The number of unbranched alkanes of at least 4 members (excludes halogenated alkanes) is 6. The van der Waals surface area contributed by atoms with Gasteiger partial charge in [-0.25, -0.2) is 8.42 Å². The van der Waals surface area contributed by atoms with Gasteiger partial charge >= 0.3 is 29.6 Å². The normalized spacial score (nSPS) is 11.9. The summed E-state index contributed by atoms with van der Waals surface area (Å²) in [5.41, 5.74) is 2.11. The maximum absolute atomic E-state index is 11.5. The van der Waals surface area contributed by atoms with Gasteiger partial charge in [0.05, 0.1) is 0 Å². The molecule has 0 saturated carbocycles. The molecule has 150 valence electrons. The van der Waals surface area contributed by atoms with Crippen molar-refractivity contribution in [2.45, 2.75) is 96.8 Å². The summed E-state index contributed by atoms with van der Waals surface area (Å²) in [5.74, 6) is 0.541. The molecule has 4 nitrogen and oxygen atoms in total. The van der Waals surface area contributed by atoms with Crippen LogP contribution in [0.1, 0.15) is 90.2 Å². The largest absolute Gasteiger partial charge is 1.00 e. The molecule has 0 heterocycles. The molecule has 0 radical (unpaired) electrons. The first-order valence-electron chi connectivity index (χ1n) is 9.97. The predicted octanol–water partition coefficient (Wildman–Crippen LogP) is 2.60. The van der Waals surface area contributed by atoms with Crippen molar-refractivity contribution in [3.05, 3.63) is 29.3 Å². The Labute approximate surface area is 188 Å². The zero-order valence-electron chi connectivity index (χ0n) is 17.8. The van der Waals surface area contributed by atoms with E-state index in [1.165, 1.54) is 46.0 Å². The summed E-state index contributed by atoms with van der Waals surface area (Å²) in [6, 6.07) is 6.06. The van der Waals surface area contributed by atoms with Gasteiger partial charge in [-0.15, -0.1) is 0 Å². The minimum atomic E-state index is -4.56. The smallest absolute Gasteiger partial charge is 0.745 e. The predicted molar refractivity (Wildman–Crippen MR) is 107 cm³/mol. The Bertz CT molecular complexity index is 642. The van der Waals surface area contributed by atoms with Crippen LogP contribution in [0.25, 0.3) is 0 Å². The van der Waals surface area contributed by atoms with E-state index in [0.717, 1.165) is 43.2 Å². The van der Waals surface area contributed by atoms with Crippen molar-refractivity contribution in [3.8, 4) is 5.75 Å². The van der Waals surface area contributed by atoms with E-state index in [0.29, 0.717) is 5.75 Å². The van der Waals surface area contributed by atoms with Crippen LogP contribution >= 0.6 is 0 Å². The Hall–Kier alpha value is -0.0700. The molecule has 6 heteroatoms. The van der Waals surface area contributed by atoms with Crippen molar-refractivity contribution >= 4 is 10.1 Å². The van der Waals surface area contributed by atoms with E-state index in [2.05, 4.69) is 19.9 Å². The van der Waals surface area contributed by atoms with Gasteiger partial charge in [-0.1, -0.05) is 64.5 Å². The molecular weight excluding hydrogens is 371 g/mol. The fourth-order valence-electron chi connectivity index (χ4n) is 2.87. The van der Waals surface area contributed by atoms with E-state index >= 15 is 0 Å². The van der Waals surface area contributed by atoms with E-state index < -0.39 is 15.1 Å². The summed E-state index contributed by atoms with van der Waals surface area (Å²) >= 11 is 0. The molecule has 0 aliphatic carbocycles. The van der Waals surface area contributed by atoms with Crippen molar-refractivity contribution in [3.63, 3.8) is 0 Å². The first-order valence-corrected chi connectivity index (χ1v) is 11.4. The molecule has 0 N–H and O–H groups in total. The molecule has 1 aromatic rings. The SMILES string of the molecule is CCCCCCc1ccc(CCCCCC)c(OC(C)(C)S(=O)(=O)[O-])c1.[Na+]. The van der Waals surface area contributed by atoms with Crippen LogP contribution in [0.2, 0.25) is 0 Å². The molecule has 0 aliphatic rings. The van der Waals surface area contributed by atoms with Gasteiger partial charge in [0.1, 0.15) is 15.9 Å². The molecular formula is C21H35NaO4S. The Kier molecular flexibility index (Phi) is 13.2. The molecule has 0 amide bonds. The quantitative estimate of drug-likeness (QED) is 0.287. The van der Waals surface area contributed by atoms with Crippen molar-refractivity contribution < 1.29 is 47.3 Å². The monoisotopic (exact) mass is 406 g/mol. The Morgan fingerprint density at radius 2 is 1.48 bits per heavy atom. The number of aryl methyl sites for hydroxylation is 2. The van der Waals surface area contributed by atoms with E-state index in [9.17, 15) is 13.0 Å². The van der Waals surface area contributed by atoms with Crippen LogP contribution in [0.4, 0.5) is 0 Å². The molecule has 0 bridgehead atoms. The van der Waals surface area contributed by atoms with Crippen LogP contribution in [0.15, 0.2) is 18.2 Å². The van der Waals surface area contributed by atoms with Gasteiger partial charge in [-0.05, 0) is 56.7 Å². The van der Waals surface area contributed by atoms with Crippen LogP contribution in [-0.2, 0) is 23.0 Å². The summed E-state index contributed by atoms with van der Waals surface area (Å²) in [4.78, 5) is -1.77. The summed E-state index contributed by atoms with van der Waals surface area (Å²) in [6.07, 6.45) is 11.0. The zero-order valence-corrected chi connectivity index (χ0v) is 20.7. The second-order valence-corrected chi connectivity index (χ2v) is 9.41. The third-order valence-electron chi connectivity index (χ3n) is 4.71. The van der Waals surface area contributed by atoms with Crippen LogP contribution in [0, 0.1) is 0 Å². The average Bonchev–Trinajstić information content (AvgIpc) is 2.56. The van der Waals surface area contributed by atoms with Crippen molar-refractivity contribution in [1.29, 1.82) is 0 Å². The summed E-state index contributed by atoms with van der Waals surface area (Å²) < 4.78 is 40.3. The minimum Gasteiger partial charge on any atom is -0.745 e. The average molecular weight is 407 g/mol. The van der Waals surface area contributed by atoms with Crippen LogP contribution in [0.3, 0.4) is 0 Å². The van der Waals surface area contributed by atoms with Crippen LogP contribution in [0.5, 0.6) is 5.75 Å². The molecule has 0 fully saturated rings. The van der Waals surface area contributed by atoms with Gasteiger partial charge < -0.3 is 9.29 Å². The fraction of sp³-hybridized carbons (Fsp3) is 0.714. The van der Waals surface area contributed by atoms with Crippen molar-refractivity contribution in [1.82, 2.24) is 0 Å². The second kappa shape index (κ2) is 13.2. The van der Waals surface area contributed by atoms with E-state index in [1.54, 1.807) is 0 Å². The standard InChI is InChI=1S/C21H36O4S.Na/c1-5-7-9-11-13-18-15-16-19(14-12-10-8-6-2)20(17-18)25-21(3,4)26(22,23)24;/h15-17H,5-14H2,1-4H3,(H,22,23,24);/q;+1/p-1. The Morgan fingerprint density at radius 1 is 0.926 bits per heavy atom. The van der Waals surface area contributed by atoms with Gasteiger partial charge in [0.2, 0.25) is 0 Å². The molecule has 27 heavy (non-hydrogen) atoms. The molecule has 0 unspecified atom stereocenters. The molecule has 0 atom stereocenters. The molecule has 0 saturated heterocycles. The first kappa shape index (κ1) is 26.9. The number of benzene rings is 1. The number of rotatable bonds is 13. The van der Waals surface area contributed by atoms with Crippen molar-refractivity contribution in [2.75, 3.05) is 0 Å². The maximum Gasteiger partial charge on any atom is 1.00 e. The fourth-order valence-corrected chi connectivity index (χ4v) is 3.06. The van der Waals surface area contributed by atoms with Crippen LogP contribution < -0.4 is 34.3 Å². The summed E-state index contributed by atoms with van der Waals surface area (Å²) in [7, 11) is -4.56. The summed E-state index contributed by atoms with van der Waals surface area (Å²) in [5, 5.41) is 0. The van der Waals surface area contributed by atoms with E-state index in [-0.39, 0.29) is 29.6 Å². The summed E-state index contributed by atoms with van der Waals surface area (Å²) in [6.45, 7) is 7.00.